The largest absolute Gasteiger partial charge is 0.378 e. The normalized spacial score (nSPS) is 18.2. The highest BCUT2D eigenvalue weighted by Crippen LogP contribution is 2.12. The van der Waals surface area contributed by atoms with Crippen molar-refractivity contribution in [2.75, 3.05) is 31.2 Å². The Balaban J connectivity index is 2.13. The van der Waals surface area contributed by atoms with Gasteiger partial charge in [0.15, 0.2) is 0 Å². The molecule has 0 bridgehead atoms. The van der Waals surface area contributed by atoms with Crippen molar-refractivity contribution in [3.8, 4) is 0 Å². The molecule has 1 aliphatic rings. The van der Waals surface area contributed by atoms with Crippen LogP contribution in [0.1, 0.15) is 0 Å². The molecule has 2 heterocycles. The SMILES string of the molecule is Cn1nccc1N1CCOCC1. The second-order valence-corrected chi connectivity index (χ2v) is 2.91. The third kappa shape index (κ3) is 1.30. The Morgan fingerprint density at radius 1 is 1.42 bits per heavy atom. The van der Waals surface area contributed by atoms with E-state index in [1.807, 2.05) is 24.0 Å². The van der Waals surface area contributed by atoms with Gasteiger partial charge in [0.2, 0.25) is 0 Å². The van der Waals surface area contributed by atoms with Gasteiger partial charge in [0.05, 0.1) is 19.4 Å². The van der Waals surface area contributed by atoms with E-state index in [2.05, 4.69) is 10.00 Å². The Kier molecular flexibility index (Phi) is 1.99. The van der Waals surface area contributed by atoms with Gasteiger partial charge in [0.1, 0.15) is 5.82 Å². The van der Waals surface area contributed by atoms with E-state index in [1.165, 1.54) is 5.82 Å². The number of nitrogens with zero attached hydrogens (tertiary/aromatic N) is 3. The van der Waals surface area contributed by atoms with Crippen LogP contribution in [-0.4, -0.2) is 36.1 Å². The van der Waals surface area contributed by atoms with Crippen LogP contribution in [0.25, 0.3) is 0 Å². The molecule has 0 aromatic carbocycles. The summed E-state index contributed by atoms with van der Waals surface area (Å²) in [5, 5.41) is 4.13. The number of rotatable bonds is 1. The van der Waals surface area contributed by atoms with Gasteiger partial charge < -0.3 is 9.64 Å². The Bertz CT molecular complexity index is 253. The number of hydrogen-bond donors (Lipinski definition) is 0. The van der Waals surface area contributed by atoms with Crippen molar-refractivity contribution in [3.05, 3.63) is 12.3 Å². The molecule has 1 fully saturated rings. The maximum absolute atomic E-state index is 5.27. The third-order valence-corrected chi connectivity index (χ3v) is 2.13. The molecule has 0 saturated carbocycles. The fourth-order valence-corrected chi connectivity index (χ4v) is 1.47. The van der Waals surface area contributed by atoms with Crippen LogP contribution < -0.4 is 4.90 Å². The van der Waals surface area contributed by atoms with Crippen molar-refractivity contribution in [1.29, 1.82) is 0 Å². The number of morpholine rings is 1. The molecular weight excluding hydrogens is 154 g/mol. The second kappa shape index (κ2) is 3.15. The third-order valence-electron chi connectivity index (χ3n) is 2.13. The summed E-state index contributed by atoms with van der Waals surface area (Å²) in [4.78, 5) is 2.29. The van der Waals surface area contributed by atoms with Crippen LogP contribution in [0.4, 0.5) is 5.82 Å². The molecule has 66 valence electrons. The van der Waals surface area contributed by atoms with Gasteiger partial charge in [-0.25, -0.2) is 0 Å². The molecule has 0 N–H and O–H groups in total. The monoisotopic (exact) mass is 167 g/mol. The van der Waals surface area contributed by atoms with Gasteiger partial charge in [-0.2, -0.15) is 5.10 Å². The summed E-state index contributed by atoms with van der Waals surface area (Å²) in [6.07, 6.45) is 1.82. The Labute approximate surface area is 71.7 Å². The molecule has 4 heteroatoms. The second-order valence-electron chi connectivity index (χ2n) is 2.91. The lowest BCUT2D eigenvalue weighted by Gasteiger charge is -2.28. The molecule has 0 radical (unpaired) electrons. The minimum absolute atomic E-state index is 0.825. The molecule has 12 heavy (non-hydrogen) atoms. The number of aryl methyl sites for hydroxylation is 1. The number of hydrogen-bond acceptors (Lipinski definition) is 3. The molecule has 0 amide bonds. The average Bonchev–Trinajstić information content (AvgIpc) is 2.53. The first kappa shape index (κ1) is 7.61. The van der Waals surface area contributed by atoms with E-state index >= 15 is 0 Å². The Morgan fingerprint density at radius 3 is 2.75 bits per heavy atom. The highest BCUT2D eigenvalue weighted by Gasteiger charge is 2.12. The predicted octanol–water partition coefficient (Wildman–Crippen LogP) is 0.257. The summed E-state index contributed by atoms with van der Waals surface area (Å²) in [5.74, 6) is 1.18. The van der Waals surface area contributed by atoms with Gasteiger partial charge in [-0.15, -0.1) is 0 Å². The summed E-state index contributed by atoms with van der Waals surface area (Å²) >= 11 is 0. The Morgan fingerprint density at radius 2 is 2.17 bits per heavy atom. The maximum atomic E-state index is 5.27. The molecule has 2 rings (SSSR count). The van der Waals surface area contributed by atoms with Crippen LogP contribution in [0.15, 0.2) is 12.3 Å². The van der Waals surface area contributed by atoms with Gasteiger partial charge in [-0.05, 0) is 0 Å². The van der Waals surface area contributed by atoms with Crippen LogP contribution in [0.3, 0.4) is 0 Å². The van der Waals surface area contributed by atoms with Gasteiger partial charge in [0, 0.05) is 26.2 Å². The molecule has 0 aliphatic carbocycles. The van der Waals surface area contributed by atoms with Gasteiger partial charge in [-0.1, -0.05) is 0 Å². The van der Waals surface area contributed by atoms with Crippen molar-refractivity contribution in [2.45, 2.75) is 0 Å². The standard InChI is InChI=1S/C8H13N3O/c1-10-8(2-3-9-10)11-4-6-12-7-5-11/h2-3H,4-7H2,1H3. The smallest absolute Gasteiger partial charge is 0.126 e. The van der Waals surface area contributed by atoms with E-state index in [-0.39, 0.29) is 0 Å². The molecule has 1 aromatic heterocycles. The van der Waals surface area contributed by atoms with Crippen molar-refractivity contribution in [1.82, 2.24) is 9.78 Å². The maximum Gasteiger partial charge on any atom is 0.126 e. The topological polar surface area (TPSA) is 30.3 Å². The summed E-state index contributed by atoms with van der Waals surface area (Å²) < 4.78 is 7.16. The lowest BCUT2D eigenvalue weighted by Crippen LogP contribution is -2.37. The van der Waals surface area contributed by atoms with Crippen LogP contribution >= 0.6 is 0 Å². The van der Waals surface area contributed by atoms with Crippen molar-refractivity contribution >= 4 is 5.82 Å². The molecular formula is C8H13N3O. The molecule has 0 atom stereocenters. The molecule has 0 spiro atoms. The summed E-state index contributed by atoms with van der Waals surface area (Å²) in [5.41, 5.74) is 0. The van der Waals surface area contributed by atoms with Gasteiger partial charge in [-0.3, -0.25) is 4.68 Å². The fraction of sp³-hybridized carbons (Fsp3) is 0.625. The van der Waals surface area contributed by atoms with Gasteiger partial charge >= 0.3 is 0 Å². The first-order valence-electron chi connectivity index (χ1n) is 4.18. The Hall–Kier alpha value is -1.03. The number of aromatic nitrogens is 2. The average molecular weight is 167 g/mol. The first-order chi connectivity index (χ1) is 5.88. The predicted molar refractivity (Wildman–Crippen MR) is 46.2 cm³/mol. The van der Waals surface area contributed by atoms with Crippen LogP contribution in [-0.2, 0) is 11.8 Å². The lowest BCUT2D eigenvalue weighted by atomic mass is 10.4. The summed E-state index contributed by atoms with van der Waals surface area (Å²) in [7, 11) is 1.96. The summed E-state index contributed by atoms with van der Waals surface area (Å²) in [6.45, 7) is 3.59. The van der Waals surface area contributed by atoms with Crippen LogP contribution in [0, 0.1) is 0 Å². The quantitative estimate of drug-likeness (QED) is 0.601. The fourth-order valence-electron chi connectivity index (χ4n) is 1.47. The number of anilines is 1. The number of ether oxygens (including phenoxy) is 1. The van der Waals surface area contributed by atoms with E-state index in [0.717, 1.165) is 26.3 Å². The van der Waals surface area contributed by atoms with E-state index in [1.54, 1.807) is 0 Å². The lowest BCUT2D eigenvalue weighted by molar-refractivity contribution is 0.122. The minimum Gasteiger partial charge on any atom is -0.378 e. The first-order valence-corrected chi connectivity index (χ1v) is 4.18. The molecule has 1 aliphatic heterocycles. The molecule has 0 unspecified atom stereocenters. The zero-order valence-corrected chi connectivity index (χ0v) is 7.23. The molecule has 1 aromatic rings. The van der Waals surface area contributed by atoms with Crippen molar-refractivity contribution in [2.24, 2.45) is 7.05 Å². The van der Waals surface area contributed by atoms with Crippen LogP contribution in [0.5, 0.6) is 0 Å². The summed E-state index contributed by atoms with van der Waals surface area (Å²) in [6, 6.07) is 2.03. The van der Waals surface area contributed by atoms with E-state index in [4.69, 9.17) is 4.74 Å². The van der Waals surface area contributed by atoms with Crippen LogP contribution in [0.2, 0.25) is 0 Å². The van der Waals surface area contributed by atoms with Crippen molar-refractivity contribution in [3.63, 3.8) is 0 Å². The highest BCUT2D eigenvalue weighted by atomic mass is 16.5. The van der Waals surface area contributed by atoms with E-state index < -0.39 is 0 Å². The zero-order valence-electron chi connectivity index (χ0n) is 7.23. The van der Waals surface area contributed by atoms with E-state index in [9.17, 15) is 0 Å². The van der Waals surface area contributed by atoms with E-state index in [0.29, 0.717) is 0 Å². The minimum atomic E-state index is 0.825. The zero-order chi connectivity index (χ0) is 8.39. The molecule has 4 nitrogen and oxygen atoms in total. The van der Waals surface area contributed by atoms with Gasteiger partial charge in [0.25, 0.3) is 0 Å². The van der Waals surface area contributed by atoms with Crippen molar-refractivity contribution < 1.29 is 4.74 Å². The molecule has 1 saturated heterocycles. The highest BCUT2D eigenvalue weighted by molar-refractivity contribution is 5.38.